The summed E-state index contributed by atoms with van der Waals surface area (Å²) in [6.45, 7) is 3.66. The maximum atomic E-state index is 10.8. The molecule has 0 aromatic carbocycles. The Hall–Kier alpha value is 1.43. The van der Waals surface area contributed by atoms with Gasteiger partial charge in [0.1, 0.15) is 0 Å². The third kappa shape index (κ3) is 21.7. The van der Waals surface area contributed by atoms with E-state index in [0.29, 0.717) is 6.42 Å². The molecule has 0 spiro atoms. The van der Waals surface area contributed by atoms with Crippen molar-refractivity contribution in [3.8, 4) is 0 Å². The van der Waals surface area contributed by atoms with Crippen LogP contribution in [0.5, 0.6) is 0 Å². The Morgan fingerprint density at radius 3 is 1.23 bits per heavy atom. The molecule has 0 aliphatic heterocycles. The average molecular weight is 391 g/mol. The van der Waals surface area contributed by atoms with Crippen LogP contribution in [0.15, 0.2) is 0 Å². The molecule has 0 fully saturated rings. The first kappa shape index (κ1) is 32.1. The zero-order valence-electron chi connectivity index (χ0n) is 20.3. The summed E-state index contributed by atoms with van der Waals surface area (Å²) in [5.74, 6) is -1.11. The van der Waals surface area contributed by atoms with E-state index in [-0.39, 0.29) is 62.0 Å². The summed E-state index contributed by atoms with van der Waals surface area (Å²) in [6, 6.07) is 0. The summed E-state index contributed by atoms with van der Waals surface area (Å²) >= 11 is 0. The molecular weight excluding hydrogens is 346 g/mol. The van der Waals surface area contributed by atoms with Gasteiger partial charge in [0.05, 0.1) is 0 Å². The van der Waals surface area contributed by atoms with Crippen molar-refractivity contribution < 1.29 is 77.0 Å². The van der Waals surface area contributed by atoms with Gasteiger partial charge in [0.15, 0.2) is 5.60 Å². The second-order valence-corrected chi connectivity index (χ2v) is 7.63. The standard InChI is InChI=1S/C21H42O3.2Na.2H/c1-3-4-5-6-7-8-9-10-11-12-13-14-15-16-17-18-19-21(2,24)20(22)23;;;;/h24H,3-19H2,1-2H3,(H,22,23);;;;/q;2*+1;2*-1. The van der Waals surface area contributed by atoms with Crippen LogP contribution < -0.4 is 59.1 Å². The largest absolute Gasteiger partial charge is 1.00 e. The summed E-state index contributed by atoms with van der Waals surface area (Å²) in [5.41, 5.74) is -1.55. The van der Waals surface area contributed by atoms with Crippen LogP contribution in [-0.4, -0.2) is 21.8 Å². The molecule has 0 amide bonds. The van der Waals surface area contributed by atoms with Crippen molar-refractivity contribution in [3.05, 3.63) is 0 Å². The van der Waals surface area contributed by atoms with Gasteiger partial charge in [-0.1, -0.05) is 103 Å². The SMILES string of the molecule is CCCCCCCCCCCCCCCCCCC(C)(O)C(=O)O.[H-].[H-].[Na+].[Na+]. The monoisotopic (exact) mass is 390 g/mol. The van der Waals surface area contributed by atoms with Crippen molar-refractivity contribution >= 4 is 5.97 Å². The topological polar surface area (TPSA) is 57.5 Å². The normalized spacial score (nSPS) is 12.7. The minimum atomic E-state index is -1.55. The number of aliphatic hydroxyl groups is 1. The van der Waals surface area contributed by atoms with Crippen LogP contribution in [0.4, 0.5) is 0 Å². The number of aliphatic carboxylic acids is 1. The third-order valence-corrected chi connectivity index (χ3v) is 4.98. The number of carbonyl (C=O) groups is 1. The molecule has 0 saturated heterocycles. The van der Waals surface area contributed by atoms with Crippen LogP contribution >= 0.6 is 0 Å². The number of rotatable bonds is 18. The summed E-state index contributed by atoms with van der Waals surface area (Å²) in [7, 11) is 0. The van der Waals surface area contributed by atoms with Gasteiger partial charge < -0.3 is 13.1 Å². The van der Waals surface area contributed by atoms with Gasteiger partial charge >= 0.3 is 65.1 Å². The predicted octanol–water partition coefficient (Wildman–Crippen LogP) is 0.707. The molecule has 0 aromatic rings. The number of hydrogen-bond donors (Lipinski definition) is 2. The summed E-state index contributed by atoms with van der Waals surface area (Å²) in [4.78, 5) is 10.8. The van der Waals surface area contributed by atoms with E-state index >= 15 is 0 Å². The van der Waals surface area contributed by atoms with Crippen LogP contribution in [0.1, 0.15) is 126 Å². The Morgan fingerprint density at radius 1 is 0.692 bits per heavy atom. The molecule has 148 valence electrons. The molecule has 26 heavy (non-hydrogen) atoms. The first-order chi connectivity index (χ1) is 11.5. The van der Waals surface area contributed by atoms with Crippen molar-refractivity contribution in [1.82, 2.24) is 0 Å². The maximum absolute atomic E-state index is 10.8. The van der Waals surface area contributed by atoms with Crippen LogP contribution in [0.2, 0.25) is 0 Å². The van der Waals surface area contributed by atoms with Crippen LogP contribution in [-0.2, 0) is 4.79 Å². The molecule has 0 saturated carbocycles. The smallest absolute Gasteiger partial charge is 1.00 e. The van der Waals surface area contributed by atoms with E-state index in [1.165, 1.54) is 90.4 Å². The molecule has 2 N–H and O–H groups in total. The van der Waals surface area contributed by atoms with Crippen molar-refractivity contribution in [1.29, 1.82) is 0 Å². The molecule has 0 radical (unpaired) electrons. The van der Waals surface area contributed by atoms with Crippen molar-refractivity contribution in [3.63, 3.8) is 0 Å². The molecule has 1 atom stereocenters. The van der Waals surface area contributed by atoms with Gasteiger partial charge in [-0.2, -0.15) is 0 Å². The number of carboxylic acid groups (broad SMARTS) is 1. The quantitative estimate of drug-likeness (QED) is 0.268. The minimum Gasteiger partial charge on any atom is -1.00 e. The minimum absolute atomic E-state index is 0. The molecule has 3 nitrogen and oxygen atoms in total. The van der Waals surface area contributed by atoms with E-state index in [2.05, 4.69) is 6.92 Å². The Bertz CT molecular complexity index is 307. The summed E-state index contributed by atoms with van der Waals surface area (Å²) in [6.07, 6.45) is 21.2. The third-order valence-electron chi connectivity index (χ3n) is 4.98. The number of unbranched alkanes of at least 4 members (excludes halogenated alkanes) is 15. The zero-order chi connectivity index (χ0) is 18.1. The van der Waals surface area contributed by atoms with E-state index in [9.17, 15) is 9.90 Å². The average Bonchev–Trinajstić information content (AvgIpc) is 2.54. The first-order valence-electron chi connectivity index (χ1n) is 10.5. The second kappa shape index (κ2) is 22.7. The van der Waals surface area contributed by atoms with E-state index in [1.54, 1.807) is 0 Å². The molecular formula is C21H44Na2O3. The van der Waals surface area contributed by atoms with E-state index < -0.39 is 11.6 Å². The van der Waals surface area contributed by atoms with Gasteiger partial charge in [-0.3, -0.25) is 0 Å². The fraction of sp³-hybridized carbons (Fsp3) is 0.952. The Kier molecular flexibility index (Phi) is 28.1. The van der Waals surface area contributed by atoms with Gasteiger partial charge in [0, 0.05) is 0 Å². The van der Waals surface area contributed by atoms with Gasteiger partial charge in [-0.05, 0) is 19.8 Å². The summed E-state index contributed by atoms with van der Waals surface area (Å²) in [5, 5.41) is 18.4. The summed E-state index contributed by atoms with van der Waals surface area (Å²) < 4.78 is 0. The van der Waals surface area contributed by atoms with E-state index in [1.807, 2.05) is 0 Å². The molecule has 0 rings (SSSR count). The van der Waals surface area contributed by atoms with Crippen molar-refractivity contribution in [2.75, 3.05) is 0 Å². The fourth-order valence-corrected chi connectivity index (χ4v) is 3.12. The Morgan fingerprint density at radius 2 is 0.962 bits per heavy atom. The predicted molar refractivity (Wildman–Crippen MR) is 105 cm³/mol. The number of hydrogen-bond acceptors (Lipinski definition) is 2. The molecule has 0 aliphatic carbocycles. The maximum Gasteiger partial charge on any atom is 1.00 e. The zero-order valence-corrected chi connectivity index (χ0v) is 22.3. The Balaban J connectivity index is -0.000000441. The molecule has 0 bridgehead atoms. The Labute approximate surface area is 210 Å². The van der Waals surface area contributed by atoms with Crippen molar-refractivity contribution in [2.45, 2.75) is 129 Å². The fourth-order valence-electron chi connectivity index (χ4n) is 3.12. The van der Waals surface area contributed by atoms with Gasteiger partial charge in [0.2, 0.25) is 0 Å². The van der Waals surface area contributed by atoms with E-state index in [4.69, 9.17) is 5.11 Å². The molecule has 5 heteroatoms. The molecule has 0 heterocycles. The van der Waals surface area contributed by atoms with Gasteiger partial charge in [-0.15, -0.1) is 0 Å². The second-order valence-electron chi connectivity index (χ2n) is 7.63. The molecule has 1 unspecified atom stereocenters. The van der Waals surface area contributed by atoms with Gasteiger partial charge in [-0.25, -0.2) is 4.79 Å². The van der Waals surface area contributed by atoms with Gasteiger partial charge in [0.25, 0.3) is 0 Å². The molecule has 0 aromatic heterocycles. The number of carboxylic acids is 1. The van der Waals surface area contributed by atoms with Crippen LogP contribution in [0, 0.1) is 0 Å². The van der Waals surface area contributed by atoms with Crippen LogP contribution in [0.25, 0.3) is 0 Å². The first-order valence-corrected chi connectivity index (χ1v) is 10.5. The van der Waals surface area contributed by atoms with Crippen molar-refractivity contribution in [2.24, 2.45) is 0 Å². The van der Waals surface area contributed by atoms with E-state index in [0.717, 1.165) is 19.3 Å². The molecule has 0 aliphatic rings. The van der Waals surface area contributed by atoms with Crippen LogP contribution in [0.3, 0.4) is 0 Å².